The van der Waals surface area contributed by atoms with E-state index in [1.165, 1.54) is 4.90 Å². The van der Waals surface area contributed by atoms with Gasteiger partial charge >= 0.3 is 12.1 Å². The number of allylic oxidation sites excluding steroid dienone is 1. The number of aromatic nitrogens is 3. The van der Waals surface area contributed by atoms with Crippen LogP contribution in [0.1, 0.15) is 84.4 Å². The fourth-order valence-corrected chi connectivity index (χ4v) is 5.56. The number of carbonyl (C=O) groups excluding carboxylic acids is 4. The van der Waals surface area contributed by atoms with Gasteiger partial charge in [0, 0.05) is 51.6 Å². The number of hydrogen-bond acceptors (Lipinski definition) is 8. The molecule has 2 aliphatic heterocycles. The second-order valence-electron chi connectivity index (χ2n) is 11.9. The maximum atomic E-state index is 14.0. The van der Waals surface area contributed by atoms with E-state index in [-0.39, 0.29) is 70.1 Å². The van der Waals surface area contributed by atoms with E-state index in [0.29, 0.717) is 25.0 Å². The van der Waals surface area contributed by atoms with Crippen molar-refractivity contribution in [2.75, 3.05) is 13.2 Å². The number of carbonyl (C=O) groups is 4. The van der Waals surface area contributed by atoms with Crippen molar-refractivity contribution in [1.82, 2.24) is 30.5 Å². The normalized spacial score (nSPS) is 29.4. The maximum Gasteiger partial charge on any atom is 0.408 e. The standard InChI is InChI=1S/C28H41N6O6.Y/c1-6-39-25(37)28-15-19(28)12-10-8-7-9-11-13-21(30-26(38)40-27(3,4)5)24(36)33-17-20(14-22(33)23(35)31-28)34-18(2)16-29-32-34;/h10,12,19-22H,6-9,11,13-15,17H2,1-5H3,(H,30,38)(H,31,35);/q-1;/b12-10-;/t19-,20+,21-,22-,28+;/m0./s1. The van der Waals surface area contributed by atoms with Gasteiger partial charge in [0.2, 0.25) is 11.8 Å². The van der Waals surface area contributed by atoms with Crippen LogP contribution in [0, 0.1) is 19.0 Å². The van der Waals surface area contributed by atoms with E-state index in [1.807, 2.05) is 19.1 Å². The predicted octanol–water partition coefficient (Wildman–Crippen LogP) is 2.38. The zero-order valence-electron chi connectivity index (χ0n) is 24.6. The van der Waals surface area contributed by atoms with Crippen molar-refractivity contribution in [1.29, 1.82) is 0 Å². The van der Waals surface area contributed by atoms with Crippen LogP contribution >= 0.6 is 0 Å². The topological polar surface area (TPSA) is 145 Å². The van der Waals surface area contributed by atoms with Crippen molar-refractivity contribution in [2.24, 2.45) is 5.92 Å². The summed E-state index contributed by atoms with van der Waals surface area (Å²) in [6.45, 7) is 9.19. The van der Waals surface area contributed by atoms with Crippen LogP contribution in [0.5, 0.6) is 0 Å². The molecule has 1 aromatic heterocycles. The summed E-state index contributed by atoms with van der Waals surface area (Å²) >= 11 is 0. The Bertz CT molecular complexity index is 1150. The average molecular weight is 647 g/mol. The van der Waals surface area contributed by atoms with Crippen LogP contribution in [0.15, 0.2) is 12.2 Å². The molecule has 13 heteroatoms. The van der Waals surface area contributed by atoms with Crippen LogP contribution in [-0.4, -0.2) is 80.1 Å². The molecule has 41 heavy (non-hydrogen) atoms. The van der Waals surface area contributed by atoms with Crippen molar-refractivity contribution in [2.45, 2.75) is 109 Å². The molecule has 1 radical (unpaired) electrons. The Balaban J connectivity index is 0.00000462. The molecule has 0 unspecified atom stereocenters. The van der Waals surface area contributed by atoms with Crippen LogP contribution in [0.25, 0.3) is 0 Å². The van der Waals surface area contributed by atoms with Crippen LogP contribution < -0.4 is 10.6 Å². The molecule has 12 nitrogen and oxygen atoms in total. The summed E-state index contributed by atoms with van der Waals surface area (Å²) in [5.74, 6) is -1.45. The molecule has 3 aliphatic rings. The van der Waals surface area contributed by atoms with Gasteiger partial charge in [0.15, 0.2) is 0 Å². The van der Waals surface area contributed by atoms with Crippen LogP contribution in [-0.2, 0) is 56.6 Å². The van der Waals surface area contributed by atoms with Crippen molar-refractivity contribution >= 4 is 23.9 Å². The Morgan fingerprint density at radius 3 is 2.66 bits per heavy atom. The Morgan fingerprint density at radius 1 is 1.24 bits per heavy atom. The Morgan fingerprint density at radius 2 is 2.00 bits per heavy atom. The van der Waals surface area contributed by atoms with Gasteiger partial charge in [-0.2, -0.15) is 0 Å². The minimum absolute atomic E-state index is 0. The zero-order valence-corrected chi connectivity index (χ0v) is 27.5. The van der Waals surface area contributed by atoms with Crippen LogP contribution in [0.3, 0.4) is 0 Å². The first-order chi connectivity index (χ1) is 18.9. The predicted molar refractivity (Wildman–Crippen MR) is 144 cm³/mol. The molecule has 2 N–H and O–H groups in total. The number of aryl methyl sites for hydroxylation is 1. The van der Waals surface area contributed by atoms with Gasteiger partial charge < -0.3 is 36.3 Å². The van der Waals surface area contributed by atoms with E-state index in [1.54, 1.807) is 32.4 Å². The third-order valence-electron chi connectivity index (χ3n) is 7.63. The Kier molecular flexibility index (Phi) is 11.1. The van der Waals surface area contributed by atoms with E-state index < -0.39 is 41.2 Å². The van der Waals surface area contributed by atoms with Gasteiger partial charge in [0.1, 0.15) is 23.2 Å². The molecule has 5 atom stereocenters. The molecule has 4 rings (SSSR count). The van der Waals surface area contributed by atoms with Crippen molar-refractivity contribution in [3.8, 4) is 0 Å². The molecule has 1 aromatic rings. The molecule has 1 saturated heterocycles. The SMILES string of the molecule is CCOC(=O)[C@@]12C[C@@H]1/C=C\CCCCC[C@H](NC(=O)OC(C)(C)C)C(=O)N1C[C@H](n3nn[c-]c3C)C[C@H]1C(=O)N2.[Y]. The van der Waals surface area contributed by atoms with Crippen LogP contribution in [0.4, 0.5) is 4.79 Å². The van der Waals surface area contributed by atoms with Gasteiger partial charge in [-0.25, -0.2) is 9.59 Å². The minimum Gasteiger partial charge on any atom is -0.464 e. The third kappa shape index (κ3) is 7.94. The third-order valence-corrected chi connectivity index (χ3v) is 7.63. The van der Waals surface area contributed by atoms with E-state index in [4.69, 9.17) is 9.47 Å². The molecule has 0 bridgehead atoms. The number of nitrogens with zero attached hydrogens (tertiary/aromatic N) is 4. The van der Waals surface area contributed by atoms with E-state index >= 15 is 0 Å². The van der Waals surface area contributed by atoms with Gasteiger partial charge in [0.25, 0.3) is 0 Å². The Hall–Kier alpha value is -2.34. The molecule has 2 fully saturated rings. The fraction of sp³-hybridized carbons (Fsp3) is 0.714. The zero-order chi connectivity index (χ0) is 29.1. The van der Waals surface area contributed by atoms with Crippen molar-refractivity contribution in [3.63, 3.8) is 0 Å². The Labute approximate surface area is 266 Å². The summed E-state index contributed by atoms with van der Waals surface area (Å²) in [5, 5.41) is 13.7. The number of nitrogens with one attached hydrogen (secondary N) is 2. The molecule has 0 aromatic carbocycles. The fourth-order valence-electron chi connectivity index (χ4n) is 5.56. The van der Waals surface area contributed by atoms with Gasteiger partial charge in [-0.05, 0) is 53.4 Å². The molecule has 0 spiro atoms. The van der Waals surface area contributed by atoms with E-state index in [9.17, 15) is 19.2 Å². The molecule has 223 valence electrons. The number of hydrogen-bond donors (Lipinski definition) is 2. The van der Waals surface area contributed by atoms with E-state index in [0.717, 1.165) is 19.3 Å². The monoisotopic (exact) mass is 646 g/mol. The number of alkyl carbamates (subject to hydrolysis) is 1. The van der Waals surface area contributed by atoms with Crippen molar-refractivity contribution < 1.29 is 61.4 Å². The summed E-state index contributed by atoms with van der Waals surface area (Å²) in [4.78, 5) is 55.1. The smallest absolute Gasteiger partial charge is 0.408 e. The molecule has 3 amide bonds. The molecule has 3 heterocycles. The summed E-state index contributed by atoms with van der Waals surface area (Å²) in [6, 6.07) is -2.08. The summed E-state index contributed by atoms with van der Waals surface area (Å²) in [6.07, 6.45) is 10.5. The van der Waals surface area contributed by atoms with Crippen LogP contribution in [0.2, 0.25) is 0 Å². The number of ether oxygens (including phenoxy) is 2. The van der Waals surface area contributed by atoms with E-state index in [2.05, 4.69) is 27.1 Å². The second-order valence-corrected chi connectivity index (χ2v) is 11.9. The number of esters is 1. The molecule has 1 saturated carbocycles. The van der Waals surface area contributed by atoms with Gasteiger partial charge in [-0.15, -0.1) is 10.9 Å². The number of amides is 3. The largest absolute Gasteiger partial charge is 0.464 e. The first-order valence-corrected chi connectivity index (χ1v) is 14.2. The summed E-state index contributed by atoms with van der Waals surface area (Å²) in [7, 11) is 0. The summed E-state index contributed by atoms with van der Waals surface area (Å²) in [5.41, 5.74) is -1.20. The second kappa shape index (κ2) is 13.8. The first-order valence-electron chi connectivity index (χ1n) is 14.2. The molecule has 1 aliphatic carbocycles. The average Bonchev–Trinajstić information content (AvgIpc) is 3.17. The molecular weight excluding hydrogens is 605 g/mol. The summed E-state index contributed by atoms with van der Waals surface area (Å²) < 4.78 is 12.4. The van der Waals surface area contributed by atoms with Gasteiger partial charge in [-0.1, -0.05) is 31.9 Å². The van der Waals surface area contributed by atoms with Gasteiger partial charge in [0.05, 0.1) is 12.6 Å². The number of rotatable bonds is 4. The molecular formula is C28H41N6O6Y-. The number of fused-ring (bicyclic) bond motifs is 2. The first kappa shape index (κ1) is 33.2. The quantitative estimate of drug-likeness (QED) is 0.288. The maximum absolute atomic E-state index is 14.0. The van der Waals surface area contributed by atoms with Gasteiger partial charge in [-0.3, -0.25) is 14.3 Å². The van der Waals surface area contributed by atoms with Crippen molar-refractivity contribution in [3.05, 3.63) is 24.0 Å². The minimum atomic E-state index is -1.15.